The highest BCUT2D eigenvalue weighted by atomic mass is 19.1. The number of benzene rings is 2. The zero-order chi connectivity index (χ0) is 16.9. The third-order valence-electron chi connectivity index (χ3n) is 3.72. The van der Waals surface area contributed by atoms with Gasteiger partial charge in [-0.1, -0.05) is 24.3 Å². The summed E-state index contributed by atoms with van der Waals surface area (Å²) in [5, 5.41) is 5.48. The van der Waals surface area contributed by atoms with Crippen molar-refractivity contribution in [1.29, 1.82) is 0 Å². The van der Waals surface area contributed by atoms with Crippen LogP contribution in [-0.2, 0) is 22.4 Å². The number of amides is 2. The molecule has 3 rings (SSSR count). The number of rotatable bonds is 5. The lowest BCUT2D eigenvalue weighted by molar-refractivity contribution is -0.120. The van der Waals surface area contributed by atoms with Crippen molar-refractivity contribution in [2.45, 2.75) is 12.8 Å². The topological polar surface area (TPSA) is 67.4 Å². The lowest BCUT2D eigenvalue weighted by atomic mass is 10.1. The van der Waals surface area contributed by atoms with E-state index in [0.29, 0.717) is 30.0 Å². The van der Waals surface area contributed by atoms with Crippen LogP contribution in [0.5, 0.6) is 5.75 Å². The molecule has 0 radical (unpaired) electrons. The second kappa shape index (κ2) is 7.12. The number of hydrogen-bond acceptors (Lipinski definition) is 3. The van der Waals surface area contributed by atoms with E-state index in [1.165, 1.54) is 6.07 Å². The number of carbonyl (C=O) groups excluding carboxylic acids is 2. The Morgan fingerprint density at radius 1 is 1.25 bits per heavy atom. The Labute approximate surface area is 138 Å². The third-order valence-corrected chi connectivity index (χ3v) is 3.72. The molecule has 1 aliphatic heterocycles. The van der Waals surface area contributed by atoms with Crippen LogP contribution in [0.1, 0.15) is 11.1 Å². The molecular weight excluding hydrogens is 311 g/mol. The standard InChI is InChI=1S/C18H17FN2O3/c19-14-4-2-1-3-13(14)7-8-20-17(22)10-12-5-6-16-15(9-12)21-18(23)11-24-16/h1-6,9H,7-8,10-11H2,(H,20,22)(H,21,23). The molecular formula is C18H17FN2O3. The summed E-state index contributed by atoms with van der Waals surface area (Å²) in [6, 6.07) is 11.8. The smallest absolute Gasteiger partial charge is 0.262 e. The molecule has 0 saturated heterocycles. The summed E-state index contributed by atoms with van der Waals surface area (Å²) in [4.78, 5) is 23.3. The summed E-state index contributed by atoms with van der Waals surface area (Å²) >= 11 is 0. The first-order valence-electron chi connectivity index (χ1n) is 7.67. The van der Waals surface area contributed by atoms with E-state index in [4.69, 9.17) is 4.74 Å². The van der Waals surface area contributed by atoms with Crippen LogP contribution in [0, 0.1) is 5.82 Å². The first-order valence-corrected chi connectivity index (χ1v) is 7.67. The number of ether oxygens (including phenoxy) is 1. The highest BCUT2D eigenvalue weighted by Crippen LogP contribution is 2.28. The molecule has 0 bridgehead atoms. The van der Waals surface area contributed by atoms with E-state index in [9.17, 15) is 14.0 Å². The van der Waals surface area contributed by atoms with Crippen molar-refractivity contribution in [3.63, 3.8) is 0 Å². The highest BCUT2D eigenvalue weighted by Gasteiger charge is 2.16. The molecule has 0 aliphatic carbocycles. The van der Waals surface area contributed by atoms with Crippen molar-refractivity contribution in [2.24, 2.45) is 0 Å². The Balaban J connectivity index is 1.53. The first kappa shape index (κ1) is 16.0. The van der Waals surface area contributed by atoms with Gasteiger partial charge in [0.05, 0.1) is 12.1 Å². The predicted octanol–water partition coefficient (Wildman–Crippen LogP) is 2.06. The molecule has 0 aromatic heterocycles. The van der Waals surface area contributed by atoms with Gasteiger partial charge in [-0.2, -0.15) is 0 Å². The molecule has 2 N–H and O–H groups in total. The number of anilines is 1. The molecule has 2 aromatic carbocycles. The maximum Gasteiger partial charge on any atom is 0.262 e. The van der Waals surface area contributed by atoms with Crippen molar-refractivity contribution >= 4 is 17.5 Å². The molecule has 5 nitrogen and oxygen atoms in total. The van der Waals surface area contributed by atoms with Gasteiger partial charge in [0.2, 0.25) is 5.91 Å². The summed E-state index contributed by atoms with van der Waals surface area (Å²) in [5.41, 5.74) is 1.91. The van der Waals surface area contributed by atoms with Gasteiger partial charge in [0, 0.05) is 6.54 Å². The molecule has 0 spiro atoms. The van der Waals surface area contributed by atoms with Gasteiger partial charge in [-0.05, 0) is 35.7 Å². The van der Waals surface area contributed by atoms with E-state index in [1.807, 2.05) is 0 Å². The summed E-state index contributed by atoms with van der Waals surface area (Å²) in [5.74, 6) is -0.0428. The minimum atomic E-state index is -0.267. The summed E-state index contributed by atoms with van der Waals surface area (Å²) < 4.78 is 18.8. The van der Waals surface area contributed by atoms with Gasteiger partial charge in [-0.3, -0.25) is 9.59 Å². The third kappa shape index (κ3) is 3.90. The van der Waals surface area contributed by atoms with Gasteiger partial charge in [0.1, 0.15) is 11.6 Å². The molecule has 0 fully saturated rings. The predicted molar refractivity (Wildman–Crippen MR) is 87.4 cm³/mol. The van der Waals surface area contributed by atoms with Crippen molar-refractivity contribution in [1.82, 2.24) is 5.32 Å². The van der Waals surface area contributed by atoms with E-state index in [-0.39, 0.29) is 30.7 Å². The monoisotopic (exact) mass is 328 g/mol. The maximum atomic E-state index is 13.5. The van der Waals surface area contributed by atoms with Gasteiger partial charge < -0.3 is 15.4 Å². The number of fused-ring (bicyclic) bond motifs is 1. The minimum absolute atomic E-state index is 0.00286. The van der Waals surface area contributed by atoms with Gasteiger partial charge in [-0.15, -0.1) is 0 Å². The lowest BCUT2D eigenvalue weighted by Crippen LogP contribution is -2.28. The first-order chi connectivity index (χ1) is 11.6. The number of halogens is 1. The van der Waals surface area contributed by atoms with E-state index in [1.54, 1.807) is 36.4 Å². The fourth-order valence-electron chi connectivity index (χ4n) is 2.53. The molecule has 6 heteroatoms. The van der Waals surface area contributed by atoms with Gasteiger partial charge in [-0.25, -0.2) is 4.39 Å². The second-order valence-corrected chi connectivity index (χ2v) is 5.54. The molecule has 124 valence electrons. The average Bonchev–Trinajstić information content (AvgIpc) is 2.56. The van der Waals surface area contributed by atoms with Crippen LogP contribution in [0.25, 0.3) is 0 Å². The molecule has 2 aromatic rings. The molecule has 1 aliphatic rings. The Bertz CT molecular complexity index is 777. The zero-order valence-electron chi connectivity index (χ0n) is 13.0. The Kier molecular flexibility index (Phi) is 4.74. The van der Waals surface area contributed by atoms with Gasteiger partial charge >= 0.3 is 0 Å². The van der Waals surface area contributed by atoms with E-state index in [2.05, 4.69) is 10.6 Å². The van der Waals surface area contributed by atoms with Crippen molar-refractivity contribution in [2.75, 3.05) is 18.5 Å². The van der Waals surface area contributed by atoms with Crippen LogP contribution in [0.15, 0.2) is 42.5 Å². The Hall–Kier alpha value is -2.89. The Morgan fingerprint density at radius 3 is 2.92 bits per heavy atom. The fraction of sp³-hybridized carbons (Fsp3) is 0.222. The largest absolute Gasteiger partial charge is 0.482 e. The normalized spacial score (nSPS) is 12.8. The molecule has 1 heterocycles. The Morgan fingerprint density at radius 2 is 2.08 bits per heavy atom. The van der Waals surface area contributed by atoms with Crippen molar-refractivity contribution in [3.05, 3.63) is 59.4 Å². The molecule has 24 heavy (non-hydrogen) atoms. The molecule has 0 saturated carbocycles. The summed E-state index contributed by atoms with van der Waals surface area (Å²) in [7, 11) is 0. The van der Waals surface area contributed by atoms with Gasteiger partial charge in [0.25, 0.3) is 5.91 Å². The fourth-order valence-corrected chi connectivity index (χ4v) is 2.53. The highest BCUT2D eigenvalue weighted by molar-refractivity contribution is 5.95. The van der Waals surface area contributed by atoms with Crippen LogP contribution in [0.3, 0.4) is 0 Å². The maximum absolute atomic E-state index is 13.5. The lowest BCUT2D eigenvalue weighted by Gasteiger charge is -2.18. The van der Waals surface area contributed by atoms with Crippen molar-refractivity contribution in [3.8, 4) is 5.75 Å². The van der Waals surface area contributed by atoms with Crippen LogP contribution < -0.4 is 15.4 Å². The molecule has 2 amide bonds. The number of nitrogens with one attached hydrogen (secondary N) is 2. The molecule has 0 unspecified atom stereocenters. The minimum Gasteiger partial charge on any atom is -0.482 e. The zero-order valence-corrected chi connectivity index (χ0v) is 13.0. The summed E-state index contributed by atoms with van der Waals surface area (Å²) in [6.07, 6.45) is 0.618. The van der Waals surface area contributed by atoms with Crippen molar-refractivity contribution < 1.29 is 18.7 Å². The van der Waals surface area contributed by atoms with Crippen LogP contribution >= 0.6 is 0 Å². The van der Waals surface area contributed by atoms with Crippen LogP contribution in [0.2, 0.25) is 0 Å². The molecule has 0 atom stereocenters. The van der Waals surface area contributed by atoms with E-state index < -0.39 is 0 Å². The average molecular weight is 328 g/mol. The van der Waals surface area contributed by atoms with Gasteiger partial charge in [0.15, 0.2) is 6.61 Å². The van der Waals surface area contributed by atoms with E-state index in [0.717, 1.165) is 5.56 Å². The number of hydrogen-bond donors (Lipinski definition) is 2. The van der Waals surface area contributed by atoms with Crippen LogP contribution in [0.4, 0.5) is 10.1 Å². The summed E-state index contributed by atoms with van der Waals surface area (Å²) in [6.45, 7) is 0.368. The SMILES string of the molecule is O=C(Cc1ccc2c(c1)NC(=O)CO2)NCCc1ccccc1F. The van der Waals surface area contributed by atoms with Crippen LogP contribution in [-0.4, -0.2) is 25.0 Å². The van der Waals surface area contributed by atoms with E-state index >= 15 is 0 Å². The number of carbonyl (C=O) groups is 2. The quantitative estimate of drug-likeness (QED) is 0.883. The second-order valence-electron chi connectivity index (χ2n) is 5.54.